The fourth-order valence-corrected chi connectivity index (χ4v) is 2.46. The van der Waals surface area contributed by atoms with Crippen molar-refractivity contribution in [3.8, 4) is 11.5 Å². The maximum Gasteiger partial charge on any atom is 0.306 e. The molecule has 0 saturated heterocycles. The van der Waals surface area contributed by atoms with Crippen LogP contribution in [-0.4, -0.2) is 44.1 Å². The predicted octanol–water partition coefficient (Wildman–Crippen LogP) is 3.37. The van der Waals surface area contributed by atoms with Gasteiger partial charge < -0.3 is 19.1 Å². The summed E-state index contributed by atoms with van der Waals surface area (Å²) < 4.78 is 30.2. The van der Waals surface area contributed by atoms with Gasteiger partial charge in [-0.05, 0) is 48.7 Å². The van der Waals surface area contributed by atoms with Crippen molar-refractivity contribution < 1.29 is 28.2 Å². The molecule has 7 heteroatoms. The van der Waals surface area contributed by atoms with Crippen molar-refractivity contribution in [2.45, 2.75) is 26.4 Å². The Morgan fingerprint density at radius 2 is 1.83 bits per heavy atom. The highest BCUT2D eigenvalue weighted by Gasteiger charge is 2.09. The summed E-state index contributed by atoms with van der Waals surface area (Å²) in [5.74, 6) is -0.273. The van der Waals surface area contributed by atoms with E-state index in [1.54, 1.807) is 51.4 Å². The Balaban J connectivity index is 1.90. The maximum atomic E-state index is 14.3. The standard InChI is InChI=1S/C22H26FNO5/c1-4-27-22(26)11-9-16-8-10-20(19(23)13-16)29-14-17-6-5-7-18(12-17)28-15-21(25)24(2)3/h5-8,10,12-13H,4,9,11,14-15H2,1-3H3. The van der Waals surface area contributed by atoms with Crippen LogP contribution in [0.3, 0.4) is 0 Å². The zero-order valence-corrected chi connectivity index (χ0v) is 16.9. The summed E-state index contributed by atoms with van der Waals surface area (Å²) >= 11 is 0. The van der Waals surface area contributed by atoms with Crippen molar-refractivity contribution in [2.24, 2.45) is 0 Å². The van der Waals surface area contributed by atoms with Gasteiger partial charge in [-0.25, -0.2) is 4.39 Å². The van der Waals surface area contributed by atoms with Crippen molar-refractivity contribution in [2.75, 3.05) is 27.3 Å². The second-order valence-corrected chi connectivity index (χ2v) is 6.58. The fourth-order valence-electron chi connectivity index (χ4n) is 2.46. The lowest BCUT2D eigenvalue weighted by Gasteiger charge is -2.12. The van der Waals surface area contributed by atoms with Crippen molar-refractivity contribution in [1.29, 1.82) is 0 Å². The Morgan fingerprint density at radius 3 is 2.52 bits per heavy atom. The number of aryl methyl sites for hydroxylation is 1. The first-order valence-electron chi connectivity index (χ1n) is 9.37. The number of ether oxygens (including phenoxy) is 3. The third-order valence-electron chi connectivity index (χ3n) is 4.07. The maximum absolute atomic E-state index is 14.3. The molecule has 0 spiro atoms. The molecular formula is C22H26FNO5. The molecule has 29 heavy (non-hydrogen) atoms. The molecule has 6 nitrogen and oxygen atoms in total. The molecule has 0 radical (unpaired) electrons. The van der Waals surface area contributed by atoms with Gasteiger partial charge in [-0.1, -0.05) is 18.2 Å². The smallest absolute Gasteiger partial charge is 0.306 e. The van der Waals surface area contributed by atoms with Gasteiger partial charge in [0.2, 0.25) is 0 Å². The second-order valence-electron chi connectivity index (χ2n) is 6.58. The largest absolute Gasteiger partial charge is 0.486 e. The lowest BCUT2D eigenvalue weighted by molar-refractivity contribution is -0.143. The van der Waals surface area contributed by atoms with E-state index in [1.807, 2.05) is 6.07 Å². The van der Waals surface area contributed by atoms with E-state index in [0.29, 0.717) is 24.3 Å². The number of benzene rings is 2. The lowest BCUT2D eigenvalue weighted by Crippen LogP contribution is -2.27. The van der Waals surface area contributed by atoms with Gasteiger partial charge in [0.1, 0.15) is 12.4 Å². The highest BCUT2D eigenvalue weighted by atomic mass is 19.1. The molecule has 0 atom stereocenters. The van der Waals surface area contributed by atoms with Crippen LogP contribution in [0.4, 0.5) is 4.39 Å². The van der Waals surface area contributed by atoms with Crippen molar-refractivity contribution in [3.63, 3.8) is 0 Å². The molecule has 1 amide bonds. The second kappa shape index (κ2) is 11.0. The Hall–Kier alpha value is -3.09. The first-order valence-corrected chi connectivity index (χ1v) is 9.37. The topological polar surface area (TPSA) is 65.1 Å². The van der Waals surface area contributed by atoms with E-state index in [1.165, 1.54) is 11.0 Å². The summed E-state index contributed by atoms with van der Waals surface area (Å²) in [5, 5.41) is 0. The third kappa shape index (κ3) is 7.44. The average Bonchev–Trinajstić information content (AvgIpc) is 2.70. The molecule has 156 valence electrons. The van der Waals surface area contributed by atoms with Crippen LogP contribution in [0.2, 0.25) is 0 Å². The number of carbonyl (C=O) groups is 2. The van der Waals surface area contributed by atoms with Gasteiger partial charge in [-0.2, -0.15) is 0 Å². The molecule has 0 unspecified atom stereocenters. The monoisotopic (exact) mass is 403 g/mol. The van der Waals surface area contributed by atoms with Crippen LogP contribution < -0.4 is 9.47 Å². The molecule has 0 heterocycles. The van der Waals surface area contributed by atoms with Crippen LogP contribution in [0.25, 0.3) is 0 Å². The van der Waals surface area contributed by atoms with Gasteiger partial charge in [0, 0.05) is 20.5 Å². The Bertz CT molecular complexity index is 838. The normalized spacial score (nSPS) is 10.3. The van der Waals surface area contributed by atoms with Gasteiger partial charge in [0.15, 0.2) is 18.2 Å². The number of esters is 1. The molecule has 2 rings (SSSR count). The predicted molar refractivity (Wildman–Crippen MR) is 106 cm³/mol. The molecule has 2 aromatic carbocycles. The van der Waals surface area contributed by atoms with E-state index in [9.17, 15) is 14.0 Å². The zero-order valence-electron chi connectivity index (χ0n) is 16.9. The Morgan fingerprint density at radius 1 is 1.03 bits per heavy atom. The molecular weight excluding hydrogens is 377 g/mol. The summed E-state index contributed by atoms with van der Waals surface area (Å²) in [4.78, 5) is 24.5. The number of carbonyl (C=O) groups excluding carboxylic acids is 2. The molecule has 0 aliphatic heterocycles. The van der Waals surface area contributed by atoms with Gasteiger partial charge in [-0.15, -0.1) is 0 Å². The van der Waals surface area contributed by atoms with Crippen molar-refractivity contribution >= 4 is 11.9 Å². The highest BCUT2D eigenvalue weighted by Crippen LogP contribution is 2.21. The van der Waals surface area contributed by atoms with E-state index in [2.05, 4.69) is 0 Å². The molecule has 0 saturated carbocycles. The van der Waals surface area contributed by atoms with E-state index in [-0.39, 0.29) is 37.3 Å². The number of nitrogens with zero attached hydrogens (tertiary/aromatic N) is 1. The van der Waals surface area contributed by atoms with Crippen LogP contribution >= 0.6 is 0 Å². The summed E-state index contributed by atoms with van der Waals surface area (Å²) in [7, 11) is 3.32. The minimum Gasteiger partial charge on any atom is -0.486 e. The number of amides is 1. The third-order valence-corrected chi connectivity index (χ3v) is 4.07. The number of rotatable bonds is 10. The van der Waals surface area contributed by atoms with Crippen LogP contribution in [0, 0.1) is 5.82 Å². The Labute approximate surface area is 170 Å². The fraction of sp³-hybridized carbons (Fsp3) is 0.364. The SMILES string of the molecule is CCOC(=O)CCc1ccc(OCc2cccc(OCC(=O)N(C)C)c2)c(F)c1. The van der Waals surface area contributed by atoms with Crippen molar-refractivity contribution in [3.05, 3.63) is 59.4 Å². The van der Waals surface area contributed by atoms with Gasteiger partial charge in [0.05, 0.1) is 6.61 Å². The molecule has 0 aliphatic rings. The molecule has 2 aromatic rings. The Kier molecular flexibility index (Phi) is 8.45. The zero-order chi connectivity index (χ0) is 21.2. The summed E-state index contributed by atoms with van der Waals surface area (Å²) in [6, 6.07) is 11.7. The molecule has 0 aromatic heterocycles. The number of hydrogen-bond acceptors (Lipinski definition) is 5. The van der Waals surface area contributed by atoms with Gasteiger partial charge in [-0.3, -0.25) is 9.59 Å². The lowest BCUT2D eigenvalue weighted by atomic mass is 10.1. The summed E-state index contributed by atoms with van der Waals surface area (Å²) in [5.41, 5.74) is 1.48. The first kappa shape index (κ1) is 22.2. The van der Waals surface area contributed by atoms with Crippen LogP contribution in [-0.2, 0) is 27.4 Å². The van der Waals surface area contributed by atoms with Crippen LogP contribution in [0.5, 0.6) is 11.5 Å². The number of halogens is 1. The molecule has 0 fully saturated rings. The van der Waals surface area contributed by atoms with E-state index < -0.39 is 5.82 Å². The molecule has 0 aliphatic carbocycles. The molecule has 0 bridgehead atoms. The van der Waals surface area contributed by atoms with Gasteiger partial charge >= 0.3 is 5.97 Å². The molecule has 0 N–H and O–H groups in total. The van der Waals surface area contributed by atoms with E-state index in [0.717, 1.165) is 5.56 Å². The first-order chi connectivity index (χ1) is 13.9. The number of hydrogen-bond donors (Lipinski definition) is 0. The minimum absolute atomic E-state index is 0.0563. The van der Waals surface area contributed by atoms with Crippen LogP contribution in [0.15, 0.2) is 42.5 Å². The van der Waals surface area contributed by atoms with E-state index >= 15 is 0 Å². The minimum atomic E-state index is -0.490. The average molecular weight is 403 g/mol. The summed E-state index contributed by atoms with van der Waals surface area (Å²) in [6.45, 7) is 2.17. The van der Waals surface area contributed by atoms with Crippen molar-refractivity contribution in [1.82, 2.24) is 4.90 Å². The number of likely N-dealkylation sites (N-methyl/N-ethyl adjacent to an activating group) is 1. The van der Waals surface area contributed by atoms with E-state index in [4.69, 9.17) is 14.2 Å². The van der Waals surface area contributed by atoms with Crippen LogP contribution in [0.1, 0.15) is 24.5 Å². The quantitative estimate of drug-likeness (QED) is 0.569. The summed E-state index contributed by atoms with van der Waals surface area (Å²) in [6.07, 6.45) is 0.609. The highest BCUT2D eigenvalue weighted by molar-refractivity contribution is 5.77. The van der Waals surface area contributed by atoms with Gasteiger partial charge in [0.25, 0.3) is 5.91 Å².